The molecule has 10 heteroatoms. The molecule has 3 aromatic rings. The van der Waals surface area contributed by atoms with Crippen molar-refractivity contribution in [2.24, 2.45) is 7.05 Å². The summed E-state index contributed by atoms with van der Waals surface area (Å²) in [4.78, 5) is 29.5. The second-order valence-electron chi connectivity index (χ2n) is 5.44. The number of tetrazole rings is 1. The fourth-order valence-electron chi connectivity index (χ4n) is 2.35. The summed E-state index contributed by atoms with van der Waals surface area (Å²) in [7, 11) is 1.61. The molecule has 24 heavy (non-hydrogen) atoms. The minimum absolute atomic E-state index is 0.0245. The van der Waals surface area contributed by atoms with Crippen LogP contribution in [0.1, 0.15) is 24.9 Å². The van der Waals surface area contributed by atoms with E-state index in [1.807, 2.05) is 19.2 Å². The average molecular weight is 347 g/mol. The molecule has 3 heterocycles. The third-order valence-electron chi connectivity index (χ3n) is 3.52. The van der Waals surface area contributed by atoms with Crippen LogP contribution in [0.3, 0.4) is 0 Å². The van der Waals surface area contributed by atoms with E-state index in [0.29, 0.717) is 22.9 Å². The molecule has 3 rings (SSSR count). The monoisotopic (exact) mass is 347 g/mol. The predicted octanol–water partition coefficient (Wildman–Crippen LogP) is 0.424. The van der Waals surface area contributed by atoms with Crippen molar-refractivity contribution in [2.45, 2.75) is 33.4 Å². The lowest BCUT2D eigenvalue weighted by Gasteiger charge is -2.09. The molecule has 0 saturated heterocycles. The van der Waals surface area contributed by atoms with Gasteiger partial charge < -0.3 is 4.57 Å². The minimum atomic E-state index is -0.414. The Kier molecular flexibility index (Phi) is 4.38. The van der Waals surface area contributed by atoms with Gasteiger partial charge in [0.15, 0.2) is 5.82 Å². The fraction of sp³-hybridized carbons (Fsp3) is 0.429. The number of nitrogens with zero attached hydrogens (tertiary/aromatic N) is 7. The maximum atomic E-state index is 12.8. The third-order valence-corrected chi connectivity index (χ3v) is 4.51. The summed E-state index contributed by atoms with van der Waals surface area (Å²) in [6.07, 6.45) is 2.37. The van der Waals surface area contributed by atoms with Gasteiger partial charge in [0.05, 0.1) is 12.1 Å². The van der Waals surface area contributed by atoms with Crippen molar-refractivity contribution >= 4 is 11.3 Å². The van der Waals surface area contributed by atoms with Crippen LogP contribution in [0.15, 0.2) is 21.2 Å². The lowest BCUT2D eigenvalue weighted by atomic mass is 10.3. The highest BCUT2D eigenvalue weighted by molar-refractivity contribution is 7.13. The van der Waals surface area contributed by atoms with E-state index in [1.165, 1.54) is 22.1 Å². The standard InChI is InChI=1S/C14H17N7O2S/c1-4-5-21-11(16-17-18-21)7-20-13(22)10(6-19(3)14(20)23)12-15-9(2)8-24-12/h6,8H,4-5,7H2,1-3H3. The largest absolute Gasteiger partial charge is 0.331 e. The zero-order valence-electron chi connectivity index (χ0n) is 13.6. The summed E-state index contributed by atoms with van der Waals surface area (Å²) in [6.45, 7) is 4.51. The van der Waals surface area contributed by atoms with E-state index in [2.05, 4.69) is 20.5 Å². The first-order chi connectivity index (χ1) is 11.5. The van der Waals surface area contributed by atoms with E-state index in [-0.39, 0.29) is 6.54 Å². The summed E-state index contributed by atoms with van der Waals surface area (Å²) >= 11 is 1.37. The molecular formula is C14H17N7O2S. The number of rotatable bonds is 5. The van der Waals surface area contributed by atoms with E-state index >= 15 is 0 Å². The normalized spacial score (nSPS) is 11.1. The van der Waals surface area contributed by atoms with Gasteiger partial charge in [-0.2, -0.15) is 0 Å². The molecule has 0 fully saturated rings. The molecule has 0 aromatic carbocycles. The van der Waals surface area contributed by atoms with E-state index in [0.717, 1.165) is 16.7 Å². The van der Waals surface area contributed by atoms with Gasteiger partial charge in [-0.15, -0.1) is 16.4 Å². The molecule has 0 saturated carbocycles. The van der Waals surface area contributed by atoms with E-state index in [4.69, 9.17) is 0 Å². The summed E-state index contributed by atoms with van der Waals surface area (Å²) in [5.41, 5.74) is 0.424. The van der Waals surface area contributed by atoms with Gasteiger partial charge in [-0.1, -0.05) is 6.92 Å². The molecule has 3 aromatic heterocycles. The molecule has 0 unspecified atom stereocenters. The van der Waals surface area contributed by atoms with Gasteiger partial charge in [0.2, 0.25) is 0 Å². The number of hydrogen-bond acceptors (Lipinski definition) is 7. The Morgan fingerprint density at radius 2 is 2.08 bits per heavy atom. The zero-order valence-corrected chi connectivity index (χ0v) is 14.4. The van der Waals surface area contributed by atoms with Gasteiger partial charge in [0.25, 0.3) is 5.56 Å². The first kappa shape index (κ1) is 16.2. The van der Waals surface area contributed by atoms with Crippen LogP contribution in [0, 0.1) is 6.92 Å². The number of aryl methyl sites for hydroxylation is 3. The molecule has 0 aliphatic heterocycles. The van der Waals surface area contributed by atoms with Crippen LogP contribution in [0.2, 0.25) is 0 Å². The summed E-state index contributed by atoms with van der Waals surface area (Å²) in [6, 6.07) is 0. The Balaban J connectivity index is 2.11. The van der Waals surface area contributed by atoms with Crippen molar-refractivity contribution < 1.29 is 0 Å². The molecule has 0 amide bonds. The van der Waals surface area contributed by atoms with Crippen molar-refractivity contribution in [2.75, 3.05) is 0 Å². The Bertz CT molecular complexity index is 982. The Hall–Kier alpha value is -2.62. The summed E-state index contributed by atoms with van der Waals surface area (Å²) < 4.78 is 4.12. The molecule has 0 aliphatic carbocycles. The van der Waals surface area contributed by atoms with Crippen molar-refractivity contribution in [3.05, 3.63) is 43.9 Å². The fourth-order valence-corrected chi connectivity index (χ4v) is 3.15. The highest BCUT2D eigenvalue weighted by Crippen LogP contribution is 2.19. The third kappa shape index (κ3) is 2.92. The molecule has 0 N–H and O–H groups in total. The Labute approximate surface area is 141 Å². The Morgan fingerprint density at radius 3 is 2.75 bits per heavy atom. The van der Waals surface area contributed by atoms with Gasteiger partial charge in [0.1, 0.15) is 5.01 Å². The van der Waals surface area contributed by atoms with Crippen LogP contribution >= 0.6 is 11.3 Å². The van der Waals surface area contributed by atoms with E-state index in [1.54, 1.807) is 11.7 Å². The molecule has 0 atom stereocenters. The van der Waals surface area contributed by atoms with Gasteiger partial charge >= 0.3 is 5.69 Å². The van der Waals surface area contributed by atoms with Crippen LogP contribution in [0.5, 0.6) is 0 Å². The molecule has 0 spiro atoms. The molecule has 0 aliphatic rings. The first-order valence-electron chi connectivity index (χ1n) is 7.49. The van der Waals surface area contributed by atoms with Crippen LogP contribution < -0.4 is 11.2 Å². The second-order valence-corrected chi connectivity index (χ2v) is 6.30. The first-order valence-corrected chi connectivity index (χ1v) is 8.37. The molecule has 0 radical (unpaired) electrons. The second kappa shape index (κ2) is 6.48. The number of hydrogen-bond donors (Lipinski definition) is 0. The molecule has 126 valence electrons. The highest BCUT2D eigenvalue weighted by atomic mass is 32.1. The van der Waals surface area contributed by atoms with Gasteiger partial charge in [-0.3, -0.25) is 9.36 Å². The Morgan fingerprint density at radius 1 is 1.29 bits per heavy atom. The molecule has 9 nitrogen and oxygen atoms in total. The van der Waals surface area contributed by atoms with Crippen LogP contribution in [0.4, 0.5) is 0 Å². The van der Waals surface area contributed by atoms with Crippen LogP contribution in [0.25, 0.3) is 10.6 Å². The molecular weight excluding hydrogens is 330 g/mol. The lowest BCUT2D eigenvalue weighted by Crippen LogP contribution is -2.40. The lowest BCUT2D eigenvalue weighted by molar-refractivity contribution is 0.529. The average Bonchev–Trinajstić information content (AvgIpc) is 3.17. The van der Waals surface area contributed by atoms with E-state index in [9.17, 15) is 9.59 Å². The van der Waals surface area contributed by atoms with Gasteiger partial charge in [-0.05, 0) is 23.8 Å². The van der Waals surface area contributed by atoms with Crippen LogP contribution in [-0.2, 0) is 20.1 Å². The van der Waals surface area contributed by atoms with E-state index < -0.39 is 11.2 Å². The maximum absolute atomic E-state index is 12.8. The SMILES string of the molecule is CCCn1nnnc1Cn1c(=O)c(-c2nc(C)cs2)cn(C)c1=O. The van der Waals surface area contributed by atoms with Crippen molar-refractivity contribution in [1.29, 1.82) is 0 Å². The topological polar surface area (TPSA) is 100 Å². The van der Waals surface area contributed by atoms with Crippen molar-refractivity contribution in [1.82, 2.24) is 34.3 Å². The molecule has 0 bridgehead atoms. The van der Waals surface area contributed by atoms with Crippen molar-refractivity contribution in [3.63, 3.8) is 0 Å². The minimum Gasteiger partial charge on any atom is -0.303 e. The summed E-state index contributed by atoms with van der Waals surface area (Å²) in [5, 5.41) is 13.9. The van der Waals surface area contributed by atoms with Gasteiger partial charge in [0, 0.05) is 30.9 Å². The maximum Gasteiger partial charge on any atom is 0.331 e. The number of aromatic nitrogens is 7. The van der Waals surface area contributed by atoms with Gasteiger partial charge in [-0.25, -0.2) is 14.5 Å². The number of thiazole rings is 1. The summed E-state index contributed by atoms with van der Waals surface area (Å²) in [5.74, 6) is 0.475. The predicted molar refractivity (Wildman–Crippen MR) is 89.0 cm³/mol. The smallest absolute Gasteiger partial charge is 0.303 e. The van der Waals surface area contributed by atoms with Crippen molar-refractivity contribution in [3.8, 4) is 10.6 Å². The van der Waals surface area contributed by atoms with Crippen LogP contribution in [-0.4, -0.2) is 34.3 Å². The zero-order chi connectivity index (χ0) is 17.3. The quantitative estimate of drug-likeness (QED) is 0.663. The highest BCUT2D eigenvalue weighted by Gasteiger charge is 2.16.